The van der Waals surface area contributed by atoms with Gasteiger partial charge in [-0.15, -0.1) is 0 Å². The second kappa shape index (κ2) is 5.52. The maximum Gasteiger partial charge on any atom is 0.292 e. The Kier molecular flexibility index (Phi) is 3.83. The van der Waals surface area contributed by atoms with Gasteiger partial charge in [0.15, 0.2) is 0 Å². The minimum Gasteiger partial charge on any atom is -0.479 e. The number of aromatic nitrogens is 1. The van der Waals surface area contributed by atoms with Crippen molar-refractivity contribution in [3.63, 3.8) is 0 Å². The lowest BCUT2D eigenvalue weighted by Crippen LogP contribution is -2.52. The molecule has 0 N–H and O–H groups in total. The molecule has 9 nitrogen and oxygen atoms in total. The number of ether oxygens (including phenoxy) is 2. The average molecular weight is 331 g/mol. The van der Waals surface area contributed by atoms with E-state index < -0.39 is 10.0 Å². The monoisotopic (exact) mass is 331 g/mol. The molecule has 0 spiro atoms. The zero-order valence-corrected chi connectivity index (χ0v) is 13.1. The zero-order chi connectivity index (χ0) is 15.9. The average Bonchev–Trinajstić information content (AvgIpc) is 3.11. The Morgan fingerprint density at radius 1 is 1.45 bits per heavy atom. The summed E-state index contributed by atoms with van der Waals surface area (Å²) in [7, 11) is -1.91. The van der Waals surface area contributed by atoms with E-state index in [0.29, 0.717) is 19.7 Å². The number of morpholine rings is 1. The van der Waals surface area contributed by atoms with Gasteiger partial charge in [0.2, 0.25) is 15.8 Å². The molecule has 1 aromatic heterocycles. The Bertz CT molecular complexity index is 672. The van der Waals surface area contributed by atoms with Crippen LogP contribution in [0.15, 0.2) is 10.6 Å². The molecule has 0 unspecified atom stereocenters. The number of fused-ring (bicyclic) bond motifs is 1. The molecule has 0 saturated carbocycles. The molecule has 2 aliphatic rings. The van der Waals surface area contributed by atoms with Crippen LogP contribution in [0.1, 0.15) is 10.6 Å². The fourth-order valence-electron chi connectivity index (χ4n) is 2.85. The lowest BCUT2D eigenvalue weighted by molar-refractivity contribution is -0.0158. The molecule has 122 valence electrons. The van der Waals surface area contributed by atoms with Crippen LogP contribution in [0.5, 0.6) is 5.88 Å². The largest absolute Gasteiger partial charge is 0.479 e. The SMILES string of the molecule is COc1cc(C(=O)N2C[C@@H]3OCCN(S(C)(=O)=O)[C@@H]3C2)on1. The predicted octanol–water partition coefficient (Wildman–Crippen LogP) is -0.832. The lowest BCUT2D eigenvalue weighted by atomic mass is 10.2. The lowest BCUT2D eigenvalue weighted by Gasteiger charge is -2.34. The van der Waals surface area contributed by atoms with Crippen LogP contribution >= 0.6 is 0 Å². The van der Waals surface area contributed by atoms with Crippen molar-refractivity contribution in [2.45, 2.75) is 12.1 Å². The van der Waals surface area contributed by atoms with Crippen LogP contribution in [-0.2, 0) is 14.8 Å². The van der Waals surface area contributed by atoms with Gasteiger partial charge in [0.1, 0.15) is 0 Å². The Morgan fingerprint density at radius 2 is 2.23 bits per heavy atom. The highest BCUT2D eigenvalue weighted by Gasteiger charge is 2.45. The highest BCUT2D eigenvalue weighted by molar-refractivity contribution is 7.88. The molecule has 22 heavy (non-hydrogen) atoms. The highest BCUT2D eigenvalue weighted by Crippen LogP contribution is 2.26. The number of hydrogen-bond acceptors (Lipinski definition) is 7. The minimum atomic E-state index is -3.33. The highest BCUT2D eigenvalue weighted by atomic mass is 32.2. The molecule has 3 heterocycles. The van der Waals surface area contributed by atoms with Crippen LogP contribution in [0.3, 0.4) is 0 Å². The number of amides is 1. The first-order valence-electron chi connectivity index (χ1n) is 6.78. The molecule has 2 atom stereocenters. The number of nitrogens with zero attached hydrogens (tertiary/aromatic N) is 3. The van der Waals surface area contributed by atoms with E-state index >= 15 is 0 Å². The van der Waals surface area contributed by atoms with Gasteiger partial charge in [-0.1, -0.05) is 0 Å². The normalized spacial score (nSPS) is 26.0. The van der Waals surface area contributed by atoms with Gasteiger partial charge in [-0.2, -0.15) is 4.31 Å². The van der Waals surface area contributed by atoms with E-state index in [-0.39, 0.29) is 36.2 Å². The number of carbonyl (C=O) groups is 1. The first-order valence-corrected chi connectivity index (χ1v) is 8.63. The molecule has 1 amide bonds. The van der Waals surface area contributed by atoms with Crippen molar-refractivity contribution in [3.8, 4) is 5.88 Å². The Balaban J connectivity index is 1.77. The standard InChI is InChI=1S/C12H17N3O6S/c1-19-11-5-9(21-13-11)12(16)14-6-8-10(7-14)20-4-3-15(8)22(2,17)18/h5,8,10H,3-4,6-7H2,1-2H3/t8-,10+/m1/s1. The third-order valence-electron chi connectivity index (χ3n) is 3.87. The summed E-state index contributed by atoms with van der Waals surface area (Å²) in [5, 5.41) is 3.59. The quantitative estimate of drug-likeness (QED) is 0.712. The molecule has 0 aliphatic carbocycles. The van der Waals surface area contributed by atoms with E-state index in [0.717, 1.165) is 0 Å². The summed E-state index contributed by atoms with van der Waals surface area (Å²) in [6.07, 6.45) is 0.846. The Morgan fingerprint density at radius 3 is 2.86 bits per heavy atom. The summed E-state index contributed by atoms with van der Waals surface area (Å²) < 4.78 is 40.5. The van der Waals surface area contributed by atoms with Crippen LogP contribution < -0.4 is 4.74 Å². The van der Waals surface area contributed by atoms with Crippen molar-refractivity contribution >= 4 is 15.9 Å². The second-order valence-electron chi connectivity index (χ2n) is 5.29. The second-order valence-corrected chi connectivity index (χ2v) is 7.23. The number of sulfonamides is 1. The van der Waals surface area contributed by atoms with Crippen LogP contribution in [0, 0.1) is 0 Å². The van der Waals surface area contributed by atoms with Gasteiger partial charge in [-0.25, -0.2) is 8.42 Å². The summed E-state index contributed by atoms with van der Waals surface area (Å²) in [6.45, 7) is 1.21. The Labute approximate surface area is 127 Å². The van der Waals surface area contributed by atoms with Crippen molar-refractivity contribution in [2.24, 2.45) is 0 Å². The smallest absolute Gasteiger partial charge is 0.292 e. The summed E-state index contributed by atoms with van der Waals surface area (Å²) in [4.78, 5) is 13.9. The Hall–Kier alpha value is -1.65. The molecule has 0 aromatic carbocycles. The number of carbonyl (C=O) groups excluding carboxylic acids is 1. The maximum atomic E-state index is 12.4. The fraction of sp³-hybridized carbons (Fsp3) is 0.667. The molecular formula is C12H17N3O6S. The van der Waals surface area contributed by atoms with E-state index in [1.54, 1.807) is 0 Å². The van der Waals surface area contributed by atoms with Crippen LogP contribution in [0.4, 0.5) is 0 Å². The maximum absolute atomic E-state index is 12.4. The summed E-state index contributed by atoms with van der Waals surface area (Å²) in [5.74, 6) is -0.0855. The molecule has 1 aromatic rings. The van der Waals surface area contributed by atoms with Crippen molar-refractivity contribution in [3.05, 3.63) is 11.8 Å². The van der Waals surface area contributed by atoms with Crippen LogP contribution in [-0.4, -0.2) is 80.4 Å². The molecule has 0 bridgehead atoms. The first kappa shape index (κ1) is 15.3. The van der Waals surface area contributed by atoms with Gasteiger partial charge >= 0.3 is 0 Å². The van der Waals surface area contributed by atoms with E-state index in [2.05, 4.69) is 5.16 Å². The summed E-state index contributed by atoms with van der Waals surface area (Å²) in [6, 6.07) is 1.04. The van der Waals surface area contributed by atoms with Gasteiger partial charge in [-0.05, 0) is 5.16 Å². The van der Waals surface area contributed by atoms with Gasteiger partial charge in [0, 0.05) is 19.6 Å². The molecular weight excluding hydrogens is 314 g/mol. The van der Waals surface area contributed by atoms with Gasteiger partial charge in [0.05, 0.1) is 38.2 Å². The van der Waals surface area contributed by atoms with Crippen molar-refractivity contribution in [1.29, 1.82) is 0 Å². The van der Waals surface area contributed by atoms with E-state index in [1.165, 1.54) is 28.6 Å². The number of hydrogen-bond donors (Lipinski definition) is 0. The molecule has 0 radical (unpaired) electrons. The molecule has 2 fully saturated rings. The van der Waals surface area contributed by atoms with Crippen molar-refractivity contribution in [1.82, 2.24) is 14.4 Å². The minimum absolute atomic E-state index is 0.0569. The number of rotatable bonds is 3. The van der Waals surface area contributed by atoms with Gasteiger partial charge in [0.25, 0.3) is 11.8 Å². The molecule has 2 saturated heterocycles. The van der Waals surface area contributed by atoms with Crippen LogP contribution in [0.25, 0.3) is 0 Å². The molecule has 2 aliphatic heterocycles. The van der Waals surface area contributed by atoms with Crippen molar-refractivity contribution in [2.75, 3.05) is 39.6 Å². The van der Waals surface area contributed by atoms with Gasteiger partial charge < -0.3 is 18.9 Å². The van der Waals surface area contributed by atoms with E-state index in [9.17, 15) is 13.2 Å². The third-order valence-corrected chi connectivity index (χ3v) is 5.18. The first-order chi connectivity index (χ1) is 10.4. The van der Waals surface area contributed by atoms with Crippen molar-refractivity contribution < 1.29 is 27.2 Å². The van der Waals surface area contributed by atoms with Gasteiger partial charge in [-0.3, -0.25) is 4.79 Å². The van der Waals surface area contributed by atoms with E-state index in [1.807, 2.05) is 0 Å². The fourth-order valence-corrected chi connectivity index (χ4v) is 3.95. The molecule has 3 rings (SSSR count). The van der Waals surface area contributed by atoms with Crippen LogP contribution in [0.2, 0.25) is 0 Å². The number of methoxy groups -OCH3 is 1. The summed E-state index contributed by atoms with van der Waals surface area (Å²) >= 11 is 0. The number of likely N-dealkylation sites (tertiary alicyclic amines) is 1. The predicted molar refractivity (Wildman–Crippen MR) is 74.0 cm³/mol. The zero-order valence-electron chi connectivity index (χ0n) is 12.3. The topological polar surface area (TPSA) is 102 Å². The summed E-state index contributed by atoms with van der Waals surface area (Å²) in [5.41, 5.74) is 0. The molecule has 10 heteroatoms. The van der Waals surface area contributed by atoms with E-state index in [4.69, 9.17) is 14.0 Å². The third kappa shape index (κ3) is 2.69.